The molecule has 3 rings (SSSR count). The maximum atomic E-state index is 13.4. The summed E-state index contributed by atoms with van der Waals surface area (Å²) in [6, 6.07) is 13.2. The van der Waals surface area contributed by atoms with Crippen LogP contribution >= 0.6 is 0 Å². The van der Waals surface area contributed by atoms with Gasteiger partial charge in [-0.15, -0.1) is 0 Å². The van der Waals surface area contributed by atoms with Crippen LogP contribution in [-0.2, 0) is 9.59 Å². The molecule has 1 aliphatic rings. The third kappa shape index (κ3) is 3.32. The molecule has 1 heterocycles. The van der Waals surface area contributed by atoms with E-state index < -0.39 is 29.6 Å². The number of nitrogens with one attached hydrogen (secondary N) is 2. The molecule has 1 aliphatic heterocycles. The second-order valence-electron chi connectivity index (χ2n) is 5.62. The number of benzene rings is 2. The van der Waals surface area contributed by atoms with Crippen LogP contribution < -0.4 is 15.5 Å². The van der Waals surface area contributed by atoms with Crippen LogP contribution in [0.5, 0.6) is 0 Å². The number of para-hydroxylation sites is 1. The number of imide groups is 2. The Bertz CT molecular complexity index is 896. The van der Waals surface area contributed by atoms with E-state index in [0.29, 0.717) is 11.4 Å². The van der Waals surface area contributed by atoms with Crippen molar-refractivity contribution in [2.24, 2.45) is 5.92 Å². The Labute approximate surface area is 149 Å². The summed E-state index contributed by atoms with van der Waals surface area (Å²) in [4.78, 5) is 38.3. The van der Waals surface area contributed by atoms with Gasteiger partial charge in [0.1, 0.15) is 5.82 Å². The smallest absolute Gasteiger partial charge is 0.335 e. The van der Waals surface area contributed by atoms with E-state index in [2.05, 4.69) is 10.6 Å². The van der Waals surface area contributed by atoms with Crippen LogP contribution in [0.3, 0.4) is 0 Å². The molecular formula is C19H16FN3O3. The van der Waals surface area contributed by atoms with E-state index in [1.165, 1.54) is 18.2 Å². The van der Waals surface area contributed by atoms with Crippen LogP contribution in [0.4, 0.5) is 20.6 Å². The maximum absolute atomic E-state index is 13.4. The number of halogens is 1. The first-order chi connectivity index (χ1) is 12.5. The summed E-state index contributed by atoms with van der Waals surface area (Å²) >= 11 is 0. The van der Waals surface area contributed by atoms with Gasteiger partial charge < -0.3 is 5.32 Å². The number of anilines is 2. The van der Waals surface area contributed by atoms with Crippen LogP contribution in [0.2, 0.25) is 0 Å². The third-order valence-corrected chi connectivity index (χ3v) is 3.91. The quantitative estimate of drug-likeness (QED) is 0.828. The number of hydrogen-bond acceptors (Lipinski definition) is 4. The van der Waals surface area contributed by atoms with Crippen LogP contribution in [-0.4, -0.2) is 17.8 Å². The molecule has 0 unspecified atom stereocenters. The summed E-state index contributed by atoms with van der Waals surface area (Å²) in [6.45, 7) is 1.64. The Morgan fingerprint density at radius 1 is 1.12 bits per heavy atom. The standard InChI is InChI=1S/C19H16FN3O3/c1-2-15(21-13-8-6-7-12(20)11-13)16-17(24)22-19(26)23(18(16)25)14-9-4-3-5-10-14/h2-11,16,21H,1H3,(H,22,24,26)/b15-2+/t16-/m1/s1. The second kappa shape index (κ2) is 7.18. The first-order valence-electron chi connectivity index (χ1n) is 7.94. The predicted molar refractivity (Wildman–Crippen MR) is 94.7 cm³/mol. The summed E-state index contributed by atoms with van der Waals surface area (Å²) in [6.07, 6.45) is 1.55. The first kappa shape index (κ1) is 17.3. The Kier molecular flexibility index (Phi) is 4.79. The maximum Gasteiger partial charge on any atom is 0.335 e. The van der Waals surface area contributed by atoms with Gasteiger partial charge in [0.05, 0.1) is 5.69 Å². The molecule has 7 heteroatoms. The van der Waals surface area contributed by atoms with Crippen LogP contribution in [0, 0.1) is 11.7 Å². The molecule has 132 valence electrons. The highest BCUT2D eigenvalue weighted by Gasteiger charge is 2.43. The van der Waals surface area contributed by atoms with Crippen molar-refractivity contribution in [3.63, 3.8) is 0 Å². The van der Waals surface area contributed by atoms with Crippen molar-refractivity contribution in [2.75, 3.05) is 10.2 Å². The topological polar surface area (TPSA) is 78.5 Å². The van der Waals surface area contributed by atoms with E-state index in [9.17, 15) is 18.8 Å². The monoisotopic (exact) mass is 353 g/mol. The number of carbonyl (C=O) groups is 3. The van der Waals surface area contributed by atoms with E-state index in [4.69, 9.17) is 0 Å². The van der Waals surface area contributed by atoms with Gasteiger partial charge in [-0.2, -0.15) is 0 Å². The molecule has 1 saturated heterocycles. The van der Waals surface area contributed by atoms with Crippen LogP contribution in [0.15, 0.2) is 66.4 Å². The largest absolute Gasteiger partial charge is 0.358 e. The molecule has 0 aromatic heterocycles. The molecule has 0 spiro atoms. The predicted octanol–water partition coefficient (Wildman–Crippen LogP) is 3.04. The van der Waals surface area contributed by atoms with Crippen molar-refractivity contribution in [3.05, 3.63) is 72.2 Å². The average molecular weight is 353 g/mol. The van der Waals surface area contributed by atoms with Gasteiger partial charge in [0.15, 0.2) is 5.92 Å². The highest BCUT2D eigenvalue weighted by atomic mass is 19.1. The minimum Gasteiger partial charge on any atom is -0.358 e. The Morgan fingerprint density at radius 3 is 2.50 bits per heavy atom. The number of carbonyl (C=O) groups excluding carboxylic acids is 3. The number of allylic oxidation sites excluding steroid dienone is 1. The number of hydrogen-bond donors (Lipinski definition) is 2. The molecule has 1 atom stereocenters. The minimum absolute atomic E-state index is 0.256. The van der Waals surface area contributed by atoms with Gasteiger partial charge in [0.25, 0.3) is 5.91 Å². The summed E-state index contributed by atoms with van der Waals surface area (Å²) in [7, 11) is 0. The molecule has 2 aromatic carbocycles. The number of urea groups is 1. The molecule has 0 aliphatic carbocycles. The van der Waals surface area contributed by atoms with Crippen molar-refractivity contribution in [1.29, 1.82) is 0 Å². The SMILES string of the molecule is C/C=C(/Nc1cccc(F)c1)[C@@H]1C(=O)NC(=O)N(c2ccccc2)C1=O. The lowest BCUT2D eigenvalue weighted by molar-refractivity contribution is -0.132. The summed E-state index contributed by atoms with van der Waals surface area (Å²) in [5.41, 5.74) is 1.00. The Hall–Kier alpha value is -3.48. The zero-order valence-electron chi connectivity index (χ0n) is 13.9. The highest BCUT2D eigenvalue weighted by molar-refractivity contribution is 6.28. The summed E-state index contributed by atoms with van der Waals surface area (Å²) in [5, 5.41) is 5.08. The number of amides is 4. The fraction of sp³-hybridized carbons (Fsp3) is 0.105. The van der Waals surface area contributed by atoms with Crippen molar-refractivity contribution in [1.82, 2.24) is 5.32 Å². The Morgan fingerprint density at radius 2 is 1.85 bits per heavy atom. The lowest BCUT2D eigenvalue weighted by Crippen LogP contribution is -2.59. The zero-order chi connectivity index (χ0) is 18.7. The molecule has 6 nitrogen and oxygen atoms in total. The second-order valence-corrected chi connectivity index (χ2v) is 5.62. The number of barbiturate groups is 1. The van der Waals surface area contributed by atoms with Crippen molar-refractivity contribution >= 4 is 29.2 Å². The number of nitrogens with zero attached hydrogens (tertiary/aromatic N) is 1. The van der Waals surface area contributed by atoms with Gasteiger partial charge in [-0.25, -0.2) is 14.1 Å². The van der Waals surface area contributed by atoms with Gasteiger partial charge in [-0.1, -0.05) is 30.3 Å². The molecule has 1 fully saturated rings. The first-order valence-corrected chi connectivity index (χ1v) is 7.94. The highest BCUT2D eigenvalue weighted by Crippen LogP contribution is 2.25. The molecule has 4 amide bonds. The van der Waals surface area contributed by atoms with E-state index in [1.807, 2.05) is 0 Å². The van der Waals surface area contributed by atoms with Gasteiger partial charge in [-0.3, -0.25) is 14.9 Å². The van der Waals surface area contributed by atoms with Gasteiger partial charge in [-0.05, 0) is 37.3 Å². The fourth-order valence-corrected chi connectivity index (χ4v) is 2.71. The summed E-state index contributed by atoms with van der Waals surface area (Å²) < 4.78 is 13.4. The van der Waals surface area contributed by atoms with E-state index in [-0.39, 0.29) is 5.70 Å². The van der Waals surface area contributed by atoms with Crippen molar-refractivity contribution in [3.8, 4) is 0 Å². The van der Waals surface area contributed by atoms with Gasteiger partial charge >= 0.3 is 6.03 Å². The van der Waals surface area contributed by atoms with E-state index in [1.54, 1.807) is 49.4 Å². The molecule has 0 bridgehead atoms. The Balaban J connectivity index is 1.92. The van der Waals surface area contributed by atoms with Crippen LogP contribution in [0.1, 0.15) is 6.92 Å². The molecule has 0 radical (unpaired) electrons. The van der Waals surface area contributed by atoms with E-state index >= 15 is 0 Å². The molecule has 2 aromatic rings. The third-order valence-electron chi connectivity index (χ3n) is 3.91. The lowest BCUT2D eigenvalue weighted by Gasteiger charge is -2.31. The van der Waals surface area contributed by atoms with Crippen molar-refractivity contribution < 1.29 is 18.8 Å². The minimum atomic E-state index is -1.25. The molecule has 26 heavy (non-hydrogen) atoms. The average Bonchev–Trinajstić information content (AvgIpc) is 2.61. The molecular weight excluding hydrogens is 337 g/mol. The fourth-order valence-electron chi connectivity index (χ4n) is 2.71. The normalized spacial score (nSPS) is 17.9. The van der Waals surface area contributed by atoms with Gasteiger partial charge in [0, 0.05) is 11.4 Å². The number of rotatable bonds is 4. The summed E-state index contributed by atoms with van der Waals surface area (Å²) in [5.74, 6) is -3.11. The van der Waals surface area contributed by atoms with Crippen molar-refractivity contribution in [2.45, 2.75) is 6.92 Å². The molecule has 0 saturated carbocycles. The zero-order valence-corrected chi connectivity index (χ0v) is 13.9. The molecule has 2 N–H and O–H groups in total. The van der Waals surface area contributed by atoms with Gasteiger partial charge in [0.2, 0.25) is 5.91 Å². The van der Waals surface area contributed by atoms with Crippen LogP contribution in [0.25, 0.3) is 0 Å². The lowest BCUT2D eigenvalue weighted by atomic mass is 9.99. The van der Waals surface area contributed by atoms with E-state index in [0.717, 1.165) is 4.90 Å².